The number of aryl methyl sites for hydroxylation is 2. The van der Waals surface area contributed by atoms with E-state index in [2.05, 4.69) is 0 Å². The van der Waals surface area contributed by atoms with E-state index in [1.54, 1.807) is 0 Å². The van der Waals surface area contributed by atoms with E-state index in [0.29, 0.717) is 12.2 Å². The van der Waals surface area contributed by atoms with Crippen LogP contribution in [-0.2, 0) is 6.42 Å². The minimum Gasteiger partial charge on any atom is -0.478 e. The number of hydrogen-bond acceptors (Lipinski definition) is 2. The van der Waals surface area contributed by atoms with Crippen molar-refractivity contribution < 1.29 is 14.3 Å². The number of carbonyl (C=O) groups is 1. The summed E-state index contributed by atoms with van der Waals surface area (Å²) in [5, 5.41) is 9.26. The van der Waals surface area contributed by atoms with Gasteiger partial charge in [-0.15, -0.1) is 0 Å². The number of aromatic carboxylic acids is 1. The fraction of sp³-hybridized carbons (Fsp3) is 0.214. The van der Waals surface area contributed by atoms with E-state index in [-0.39, 0.29) is 5.56 Å². The molecule has 1 heterocycles. The van der Waals surface area contributed by atoms with Crippen LogP contribution in [0.3, 0.4) is 0 Å². The maximum absolute atomic E-state index is 11.3. The highest BCUT2D eigenvalue weighted by atomic mass is 16.4. The number of rotatable bonds is 3. The lowest BCUT2D eigenvalue weighted by Gasteiger charge is -2.03. The Labute approximate surface area is 99.7 Å². The highest BCUT2D eigenvalue weighted by molar-refractivity contribution is 5.96. The topological polar surface area (TPSA) is 50.4 Å². The predicted octanol–water partition coefficient (Wildman–Crippen LogP) is 3.52. The average Bonchev–Trinajstić information content (AvgIpc) is 2.73. The van der Waals surface area contributed by atoms with Crippen LogP contribution in [0.4, 0.5) is 0 Å². The van der Waals surface area contributed by atoms with Gasteiger partial charge in [0.1, 0.15) is 11.3 Å². The molecule has 0 saturated carbocycles. The molecule has 0 radical (unpaired) electrons. The molecule has 0 spiro atoms. The van der Waals surface area contributed by atoms with Crippen molar-refractivity contribution >= 4 is 5.97 Å². The van der Waals surface area contributed by atoms with E-state index in [0.717, 1.165) is 16.7 Å². The van der Waals surface area contributed by atoms with Crippen LogP contribution in [0.2, 0.25) is 0 Å². The fourth-order valence-corrected chi connectivity index (χ4v) is 1.91. The molecule has 0 aliphatic rings. The van der Waals surface area contributed by atoms with Gasteiger partial charge in [0.15, 0.2) is 0 Å². The Morgan fingerprint density at radius 3 is 2.65 bits per heavy atom. The summed E-state index contributed by atoms with van der Waals surface area (Å²) in [7, 11) is 0. The highest BCUT2D eigenvalue weighted by Gasteiger charge is 2.21. The Hall–Kier alpha value is -2.03. The van der Waals surface area contributed by atoms with Crippen LogP contribution in [0.25, 0.3) is 11.3 Å². The van der Waals surface area contributed by atoms with E-state index < -0.39 is 5.97 Å². The number of hydrogen-bond donors (Lipinski definition) is 1. The first kappa shape index (κ1) is 11.5. The van der Waals surface area contributed by atoms with Gasteiger partial charge in [-0.1, -0.05) is 31.2 Å². The maximum atomic E-state index is 11.3. The molecule has 17 heavy (non-hydrogen) atoms. The maximum Gasteiger partial charge on any atom is 0.339 e. The molecular formula is C14H14O3. The first-order valence-electron chi connectivity index (χ1n) is 5.54. The summed E-state index contributed by atoms with van der Waals surface area (Å²) < 4.78 is 5.43. The van der Waals surface area contributed by atoms with E-state index in [4.69, 9.17) is 4.42 Å². The van der Waals surface area contributed by atoms with Crippen molar-refractivity contribution in [2.75, 3.05) is 0 Å². The molecule has 0 aliphatic heterocycles. The van der Waals surface area contributed by atoms with E-state index in [1.165, 1.54) is 6.26 Å². The largest absolute Gasteiger partial charge is 0.478 e. The second-order valence-corrected chi connectivity index (χ2v) is 3.94. The van der Waals surface area contributed by atoms with Crippen molar-refractivity contribution in [1.29, 1.82) is 0 Å². The van der Waals surface area contributed by atoms with E-state index in [1.807, 2.05) is 38.1 Å². The van der Waals surface area contributed by atoms with Gasteiger partial charge in [-0.3, -0.25) is 0 Å². The zero-order valence-corrected chi connectivity index (χ0v) is 9.86. The Bertz CT molecular complexity index is 552. The molecule has 0 atom stereocenters. The molecule has 0 unspecified atom stereocenters. The normalized spacial score (nSPS) is 10.5. The van der Waals surface area contributed by atoms with Gasteiger partial charge in [-0.2, -0.15) is 0 Å². The molecular weight excluding hydrogens is 216 g/mol. The average molecular weight is 230 g/mol. The standard InChI is InChI=1S/C14H14O3/c1-3-10-8-17-13(12(10)14(15)16)11-7-5-4-6-9(11)2/h4-8H,3H2,1-2H3,(H,15,16). The number of furan rings is 1. The first-order valence-corrected chi connectivity index (χ1v) is 5.54. The molecule has 0 aliphatic carbocycles. The Balaban J connectivity index is 2.64. The molecule has 0 saturated heterocycles. The van der Waals surface area contributed by atoms with Crippen molar-refractivity contribution in [2.24, 2.45) is 0 Å². The lowest BCUT2D eigenvalue weighted by Crippen LogP contribution is -2.00. The van der Waals surface area contributed by atoms with Crippen LogP contribution in [0.5, 0.6) is 0 Å². The van der Waals surface area contributed by atoms with Crippen LogP contribution in [-0.4, -0.2) is 11.1 Å². The second kappa shape index (κ2) is 4.45. The van der Waals surface area contributed by atoms with Crippen molar-refractivity contribution in [3.8, 4) is 11.3 Å². The van der Waals surface area contributed by atoms with Gasteiger partial charge in [0.05, 0.1) is 6.26 Å². The number of carboxylic acid groups (broad SMARTS) is 1. The molecule has 88 valence electrons. The lowest BCUT2D eigenvalue weighted by molar-refractivity contribution is 0.0696. The SMILES string of the molecule is CCc1coc(-c2ccccc2C)c1C(=O)O. The zero-order chi connectivity index (χ0) is 12.4. The molecule has 0 amide bonds. The third kappa shape index (κ3) is 1.96. The van der Waals surface area contributed by atoms with E-state index in [9.17, 15) is 9.90 Å². The quantitative estimate of drug-likeness (QED) is 0.877. The van der Waals surface area contributed by atoms with Gasteiger partial charge < -0.3 is 9.52 Å². The molecule has 1 N–H and O–H groups in total. The minimum atomic E-state index is -0.936. The van der Waals surface area contributed by atoms with Crippen LogP contribution in [0, 0.1) is 6.92 Å². The Kier molecular flexibility index (Phi) is 3.00. The van der Waals surface area contributed by atoms with Crippen molar-refractivity contribution in [2.45, 2.75) is 20.3 Å². The minimum absolute atomic E-state index is 0.279. The summed E-state index contributed by atoms with van der Waals surface area (Å²) in [6.07, 6.45) is 2.18. The van der Waals surface area contributed by atoms with Crippen LogP contribution >= 0.6 is 0 Å². The summed E-state index contributed by atoms with van der Waals surface area (Å²) in [4.78, 5) is 11.3. The molecule has 3 nitrogen and oxygen atoms in total. The Morgan fingerprint density at radius 2 is 2.06 bits per heavy atom. The molecule has 2 aromatic rings. The van der Waals surface area contributed by atoms with Crippen molar-refractivity contribution in [3.05, 3.63) is 47.2 Å². The van der Waals surface area contributed by atoms with Gasteiger partial charge in [-0.05, 0) is 18.9 Å². The Morgan fingerprint density at radius 1 is 1.35 bits per heavy atom. The fourth-order valence-electron chi connectivity index (χ4n) is 1.91. The summed E-state index contributed by atoms with van der Waals surface area (Å²) in [5.41, 5.74) is 2.86. The van der Waals surface area contributed by atoms with Crippen molar-refractivity contribution in [1.82, 2.24) is 0 Å². The van der Waals surface area contributed by atoms with E-state index >= 15 is 0 Å². The van der Waals surface area contributed by atoms with Gasteiger partial charge in [0, 0.05) is 11.1 Å². The van der Waals surface area contributed by atoms with Crippen LogP contribution in [0.1, 0.15) is 28.4 Å². The molecule has 0 bridgehead atoms. The predicted molar refractivity (Wildman–Crippen MR) is 65.2 cm³/mol. The molecule has 1 aromatic heterocycles. The van der Waals surface area contributed by atoms with Crippen LogP contribution < -0.4 is 0 Å². The molecule has 3 heteroatoms. The second-order valence-electron chi connectivity index (χ2n) is 3.94. The lowest BCUT2D eigenvalue weighted by atomic mass is 10.0. The summed E-state index contributed by atoms with van der Waals surface area (Å²) in [6.45, 7) is 3.86. The summed E-state index contributed by atoms with van der Waals surface area (Å²) in [5.74, 6) is -0.485. The van der Waals surface area contributed by atoms with Gasteiger partial charge in [0.2, 0.25) is 0 Å². The van der Waals surface area contributed by atoms with Gasteiger partial charge in [0.25, 0.3) is 0 Å². The third-order valence-corrected chi connectivity index (χ3v) is 2.85. The van der Waals surface area contributed by atoms with Gasteiger partial charge in [-0.25, -0.2) is 4.79 Å². The molecule has 0 fully saturated rings. The van der Waals surface area contributed by atoms with Crippen molar-refractivity contribution in [3.63, 3.8) is 0 Å². The highest BCUT2D eigenvalue weighted by Crippen LogP contribution is 2.30. The smallest absolute Gasteiger partial charge is 0.339 e. The molecule has 1 aromatic carbocycles. The monoisotopic (exact) mass is 230 g/mol. The number of benzene rings is 1. The third-order valence-electron chi connectivity index (χ3n) is 2.85. The van der Waals surface area contributed by atoms with Gasteiger partial charge >= 0.3 is 5.97 Å². The zero-order valence-electron chi connectivity index (χ0n) is 9.86. The number of carboxylic acids is 1. The van der Waals surface area contributed by atoms with Crippen LogP contribution in [0.15, 0.2) is 34.9 Å². The summed E-state index contributed by atoms with van der Waals surface area (Å²) >= 11 is 0. The molecule has 2 rings (SSSR count). The first-order chi connectivity index (χ1) is 8.15. The summed E-state index contributed by atoms with van der Waals surface area (Å²) in [6, 6.07) is 7.61.